The molecule has 1 fully saturated rings. The average Bonchev–Trinajstić information content (AvgIpc) is 2.98. The highest BCUT2D eigenvalue weighted by molar-refractivity contribution is 7.99. The van der Waals surface area contributed by atoms with Crippen molar-refractivity contribution in [1.29, 1.82) is 0 Å². The van der Waals surface area contributed by atoms with E-state index >= 15 is 0 Å². The fourth-order valence-electron chi connectivity index (χ4n) is 2.43. The lowest BCUT2D eigenvalue weighted by atomic mass is 10.2. The second-order valence-corrected chi connectivity index (χ2v) is 7.25. The maximum Gasteiger partial charge on any atom is 0.356 e. The van der Waals surface area contributed by atoms with Gasteiger partial charge in [-0.2, -0.15) is 11.8 Å². The summed E-state index contributed by atoms with van der Waals surface area (Å²) in [5, 5.41) is 13.5. The second kappa shape index (κ2) is 6.58. The summed E-state index contributed by atoms with van der Waals surface area (Å²) >= 11 is 3.06. The minimum absolute atomic E-state index is 0.136. The highest BCUT2D eigenvalue weighted by Gasteiger charge is 2.29. The molecule has 7 heteroatoms. The molecule has 1 aromatic heterocycles. The Hall–Kier alpha value is -1.08. The molecule has 2 rings (SSSR count). The zero-order valence-corrected chi connectivity index (χ0v) is 13.1. The van der Waals surface area contributed by atoms with Crippen LogP contribution in [0.15, 0.2) is 0 Å². The summed E-state index contributed by atoms with van der Waals surface area (Å²) in [5.41, 5.74) is -0.136. The molecule has 1 heterocycles. The van der Waals surface area contributed by atoms with Gasteiger partial charge in [-0.3, -0.25) is 4.79 Å². The Morgan fingerprint density at radius 3 is 2.80 bits per heavy atom. The summed E-state index contributed by atoms with van der Waals surface area (Å²) in [7, 11) is 0. The molecular weight excluding hydrogens is 296 g/mol. The van der Waals surface area contributed by atoms with E-state index in [2.05, 4.69) is 17.2 Å². The first-order valence-corrected chi connectivity index (χ1v) is 8.52. The molecule has 2 atom stereocenters. The molecule has 5 nitrogen and oxygen atoms in total. The molecular formula is C13H18N2O3S2. The summed E-state index contributed by atoms with van der Waals surface area (Å²) < 4.78 is 0. The van der Waals surface area contributed by atoms with Crippen molar-refractivity contribution in [3.05, 3.63) is 10.6 Å². The maximum absolute atomic E-state index is 11.5. The smallest absolute Gasteiger partial charge is 0.356 e. The number of ketones is 1. The van der Waals surface area contributed by atoms with E-state index in [1.54, 1.807) is 0 Å². The van der Waals surface area contributed by atoms with E-state index in [-0.39, 0.29) is 16.4 Å². The van der Waals surface area contributed by atoms with Gasteiger partial charge in [-0.1, -0.05) is 24.7 Å². The van der Waals surface area contributed by atoms with Gasteiger partial charge in [-0.25, -0.2) is 9.78 Å². The van der Waals surface area contributed by atoms with Crippen LogP contribution < -0.4 is 5.32 Å². The third-order valence-corrected chi connectivity index (χ3v) is 5.70. The van der Waals surface area contributed by atoms with Crippen molar-refractivity contribution in [2.24, 2.45) is 0 Å². The number of carboxylic acids is 1. The highest BCUT2D eigenvalue weighted by atomic mass is 32.2. The number of carboxylic acid groups (broad SMARTS) is 1. The van der Waals surface area contributed by atoms with Crippen LogP contribution in [0.5, 0.6) is 0 Å². The van der Waals surface area contributed by atoms with E-state index < -0.39 is 5.97 Å². The molecule has 1 saturated carbocycles. The maximum atomic E-state index is 11.5. The number of rotatable bonds is 6. The van der Waals surface area contributed by atoms with Gasteiger partial charge in [0.1, 0.15) is 4.88 Å². The second-order valence-electron chi connectivity index (χ2n) is 4.73. The van der Waals surface area contributed by atoms with Crippen molar-refractivity contribution in [1.82, 2.24) is 4.98 Å². The Bertz CT molecular complexity index is 484. The van der Waals surface area contributed by atoms with Gasteiger partial charge in [0, 0.05) is 18.2 Å². The number of nitrogens with zero attached hydrogens (tertiary/aromatic N) is 1. The normalized spacial score (nSPS) is 21.9. The van der Waals surface area contributed by atoms with Crippen LogP contribution in [0, 0.1) is 0 Å². The summed E-state index contributed by atoms with van der Waals surface area (Å²) in [6.07, 6.45) is 3.41. The topological polar surface area (TPSA) is 79.3 Å². The SMILES string of the molecule is CCSC1CCCC1Nc1nc(C(=O)O)c(C(C)=O)s1. The first kappa shape index (κ1) is 15.3. The minimum atomic E-state index is -1.15. The van der Waals surface area contributed by atoms with E-state index in [4.69, 9.17) is 5.11 Å². The summed E-state index contributed by atoms with van der Waals surface area (Å²) in [4.78, 5) is 26.9. The lowest BCUT2D eigenvalue weighted by molar-refractivity contribution is 0.0687. The van der Waals surface area contributed by atoms with Crippen LogP contribution in [0.3, 0.4) is 0 Å². The highest BCUT2D eigenvalue weighted by Crippen LogP contribution is 2.33. The molecule has 2 unspecified atom stereocenters. The zero-order chi connectivity index (χ0) is 14.7. The van der Waals surface area contributed by atoms with Crippen LogP contribution in [0.25, 0.3) is 0 Å². The van der Waals surface area contributed by atoms with E-state index in [9.17, 15) is 9.59 Å². The Labute approximate surface area is 126 Å². The Balaban J connectivity index is 2.15. The summed E-state index contributed by atoms with van der Waals surface area (Å²) in [6.45, 7) is 3.51. The average molecular weight is 314 g/mol. The molecule has 20 heavy (non-hydrogen) atoms. The van der Waals surface area contributed by atoms with E-state index in [0.29, 0.717) is 16.4 Å². The number of carbonyl (C=O) groups is 2. The molecule has 0 aliphatic heterocycles. The van der Waals surface area contributed by atoms with Gasteiger partial charge in [-0.05, 0) is 18.6 Å². The van der Waals surface area contributed by atoms with Gasteiger partial charge < -0.3 is 10.4 Å². The van der Waals surface area contributed by atoms with Crippen molar-refractivity contribution in [3.63, 3.8) is 0 Å². The Morgan fingerprint density at radius 2 is 2.25 bits per heavy atom. The molecule has 0 amide bonds. The van der Waals surface area contributed by atoms with Crippen molar-refractivity contribution in [3.8, 4) is 0 Å². The Kier molecular flexibility index (Phi) is 5.04. The van der Waals surface area contributed by atoms with Gasteiger partial charge >= 0.3 is 5.97 Å². The quantitative estimate of drug-likeness (QED) is 0.785. The number of carbonyl (C=O) groups excluding carboxylic acids is 1. The first-order valence-electron chi connectivity index (χ1n) is 6.66. The predicted octanol–water partition coefficient (Wildman–Crippen LogP) is 3.13. The molecule has 1 aromatic rings. The van der Waals surface area contributed by atoms with Crippen LogP contribution >= 0.6 is 23.1 Å². The number of aromatic nitrogens is 1. The van der Waals surface area contributed by atoms with Crippen LogP contribution in [0.2, 0.25) is 0 Å². The number of hydrogen-bond acceptors (Lipinski definition) is 6. The molecule has 2 N–H and O–H groups in total. The summed E-state index contributed by atoms with van der Waals surface area (Å²) in [6, 6.07) is 0.313. The standard InChI is InChI=1S/C13H18N2O3S2/c1-3-19-9-6-4-5-8(9)14-13-15-10(12(17)18)11(20-13)7(2)16/h8-9H,3-6H2,1-2H3,(H,14,15)(H,17,18). The molecule has 1 aliphatic carbocycles. The van der Waals surface area contributed by atoms with Crippen molar-refractivity contribution < 1.29 is 14.7 Å². The van der Waals surface area contributed by atoms with Crippen molar-refractivity contribution >= 4 is 40.0 Å². The monoisotopic (exact) mass is 314 g/mol. The van der Waals surface area contributed by atoms with Crippen LogP contribution in [-0.4, -0.2) is 38.9 Å². The van der Waals surface area contributed by atoms with E-state index in [1.807, 2.05) is 11.8 Å². The van der Waals surface area contributed by atoms with Crippen molar-refractivity contribution in [2.45, 2.75) is 44.4 Å². The molecule has 0 saturated heterocycles. The van der Waals surface area contributed by atoms with Crippen LogP contribution in [0.1, 0.15) is 53.3 Å². The number of hydrogen-bond donors (Lipinski definition) is 2. The van der Waals surface area contributed by atoms with Gasteiger partial charge in [0.15, 0.2) is 16.6 Å². The van der Waals surface area contributed by atoms with E-state index in [1.165, 1.54) is 19.8 Å². The molecule has 0 aromatic carbocycles. The number of anilines is 1. The number of nitrogens with one attached hydrogen (secondary N) is 1. The van der Waals surface area contributed by atoms with Gasteiger partial charge in [0.05, 0.1) is 0 Å². The molecule has 110 valence electrons. The Morgan fingerprint density at radius 1 is 1.50 bits per heavy atom. The van der Waals surface area contributed by atoms with Gasteiger partial charge in [0.25, 0.3) is 0 Å². The minimum Gasteiger partial charge on any atom is -0.476 e. The first-order chi connectivity index (χ1) is 9.52. The third kappa shape index (κ3) is 3.32. The van der Waals surface area contributed by atoms with Gasteiger partial charge in [-0.15, -0.1) is 0 Å². The van der Waals surface area contributed by atoms with E-state index in [0.717, 1.165) is 23.5 Å². The van der Waals surface area contributed by atoms with Crippen LogP contribution in [0.4, 0.5) is 5.13 Å². The molecule has 0 bridgehead atoms. The zero-order valence-electron chi connectivity index (χ0n) is 11.5. The van der Waals surface area contributed by atoms with Crippen LogP contribution in [-0.2, 0) is 0 Å². The molecule has 1 aliphatic rings. The fourth-order valence-corrected chi connectivity index (χ4v) is 4.54. The number of aromatic carboxylic acids is 1. The number of Topliss-reactive ketones (excluding diaryl/α,β-unsaturated/α-hetero) is 1. The molecule has 0 spiro atoms. The number of thiazole rings is 1. The van der Waals surface area contributed by atoms with Crippen molar-refractivity contribution in [2.75, 3.05) is 11.1 Å². The third-order valence-electron chi connectivity index (χ3n) is 3.29. The number of thioether (sulfide) groups is 1. The lowest BCUT2D eigenvalue weighted by Crippen LogP contribution is -2.26. The largest absolute Gasteiger partial charge is 0.476 e. The molecule has 0 radical (unpaired) electrons. The predicted molar refractivity (Wildman–Crippen MR) is 82.3 cm³/mol. The summed E-state index contributed by atoms with van der Waals surface area (Å²) in [5.74, 6) is -0.330. The lowest BCUT2D eigenvalue weighted by Gasteiger charge is -2.19. The fraction of sp³-hybridized carbons (Fsp3) is 0.615. The van der Waals surface area contributed by atoms with Gasteiger partial charge in [0.2, 0.25) is 0 Å².